The van der Waals surface area contributed by atoms with E-state index in [0.717, 1.165) is 25.9 Å². The average Bonchev–Trinajstić information content (AvgIpc) is 3.16. The molecule has 118 valence electrons. The minimum Gasteiger partial charge on any atom is -0.440 e. The predicted molar refractivity (Wildman–Crippen MR) is 87.8 cm³/mol. The number of carbonyl (C=O) groups excluding carboxylic acids is 1. The summed E-state index contributed by atoms with van der Waals surface area (Å²) in [4.78, 5) is 18.9. The fourth-order valence-electron chi connectivity index (χ4n) is 2.67. The van der Waals surface area contributed by atoms with Gasteiger partial charge in [-0.05, 0) is 42.5 Å². The van der Waals surface area contributed by atoms with E-state index in [-0.39, 0.29) is 11.1 Å². The van der Waals surface area contributed by atoms with Crippen molar-refractivity contribution in [2.24, 2.45) is 0 Å². The summed E-state index contributed by atoms with van der Waals surface area (Å²) in [5.74, 6) is 1.17. The number of aromatic nitrogens is 1. The molecule has 3 heterocycles. The first-order valence-corrected chi connectivity index (χ1v) is 8.80. The molecular formula is C16H19ClN2O2S. The lowest BCUT2D eigenvalue weighted by Crippen LogP contribution is -2.37. The Hall–Kier alpha value is -1.33. The van der Waals surface area contributed by atoms with E-state index < -0.39 is 0 Å². The number of halogens is 1. The molecule has 1 aliphatic rings. The number of thiazole rings is 1. The van der Waals surface area contributed by atoms with Crippen molar-refractivity contribution in [3.63, 3.8) is 0 Å². The molecular weight excluding hydrogens is 320 g/mol. The molecule has 0 radical (unpaired) electrons. The lowest BCUT2D eigenvalue weighted by molar-refractivity contribution is 0.0681. The number of rotatable bonds is 3. The zero-order chi connectivity index (χ0) is 15.7. The van der Waals surface area contributed by atoms with Gasteiger partial charge in [0.05, 0.1) is 10.7 Å². The molecule has 0 aliphatic carbocycles. The zero-order valence-corrected chi connectivity index (χ0v) is 14.3. The van der Waals surface area contributed by atoms with Gasteiger partial charge in [-0.2, -0.15) is 0 Å². The van der Waals surface area contributed by atoms with Crippen LogP contribution in [0.25, 0.3) is 0 Å². The fraction of sp³-hybridized carbons (Fsp3) is 0.500. The summed E-state index contributed by atoms with van der Waals surface area (Å²) in [6, 6.07) is 3.23. The first-order valence-electron chi connectivity index (χ1n) is 7.54. The van der Waals surface area contributed by atoms with Gasteiger partial charge in [0, 0.05) is 24.4 Å². The van der Waals surface area contributed by atoms with Crippen LogP contribution in [-0.4, -0.2) is 28.9 Å². The van der Waals surface area contributed by atoms with Crippen LogP contribution < -0.4 is 0 Å². The quantitative estimate of drug-likeness (QED) is 0.825. The fourth-order valence-corrected chi connectivity index (χ4v) is 3.97. The van der Waals surface area contributed by atoms with E-state index in [4.69, 9.17) is 21.0 Å². The molecule has 2 aromatic heterocycles. The summed E-state index contributed by atoms with van der Waals surface area (Å²) < 4.78 is 5.20. The molecule has 0 bridgehead atoms. The van der Waals surface area contributed by atoms with Crippen molar-refractivity contribution in [1.82, 2.24) is 9.88 Å². The van der Waals surface area contributed by atoms with Gasteiger partial charge in [0.2, 0.25) is 0 Å². The molecule has 0 saturated carbocycles. The highest BCUT2D eigenvalue weighted by Crippen LogP contribution is 2.32. The second-order valence-electron chi connectivity index (χ2n) is 5.94. The van der Waals surface area contributed by atoms with E-state index in [0.29, 0.717) is 17.6 Å². The number of likely N-dealkylation sites (tertiary alicyclic amines) is 1. The van der Waals surface area contributed by atoms with E-state index in [1.807, 2.05) is 4.90 Å². The van der Waals surface area contributed by atoms with Crippen LogP contribution in [0.2, 0.25) is 5.22 Å². The van der Waals surface area contributed by atoms with Crippen molar-refractivity contribution >= 4 is 28.8 Å². The Morgan fingerprint density at radius 1 is 1.41 bits per heavy atom. The van der Waals surface area contributed by atoms with E-state index >= 15 is 0 Å². The van der Waals surface area contributed by atoms with Gasteiger partial charge in [0.15, 0.2) is 11.0 Å². The van der Waals surface area contributed by atoms with Gasteiger partial charge in [-0.15, -0.1) is 11.3 Å². The second kappa shape index (κ2) is 6.42. The Balaban J connectivity index is 1.61. The van der Waals surface area contributed by atoms with Gasteiger partial charge in [-0.25, -0.2) is 4.98 Å². The number of furan rings is 1. The molecule has 4 nitrogen and oxygen atoms in total. The lowest BCUT2D eigenvalue weighted by atomic mass is 9.97. The summed E-state index contributed by atoms with van der Waals surface area (Å²) in [7, 11) is 0. The molecule has 0 aromatic carbocycles. The van der Waals surface area contributed by atoms with Crippen molar-refractivity contribution in [1.29, 1.82) is 0 Å². The van der Waals surface area contributed by atoms with Crippen LogP contribution in [0.1, 0.15) is 59.8 Å². The van der Waals surface area contributed by atoms with Crippen LogP contribution in [0, 0.1) is 0 Å². The van der Waals surface area contributed by atoms with E-state index in [9.17, 15) is 4.79 Å². The Bertz CT molecular complexity index is 657. The minimum atomic E-state index is -0.0765. The van der Waals surface area contributed by atoms with Crippen LogP contribution >= 0.6 is 22.9 Å². The highest BCUT2D eigenvalue weighted by molar-refractivity contribution is 7.09. The van der Waals surface area contributed by atoms with Crippen molar-refractivity contribution in [2.45, 2.75) is 38.5 Å². The molecule has 1 amide bonds. The number of carbonyl (C=O) groups is 1. The summed E-state index contributed by atoms with van der Waals surface area (Å²) in [5, 5.41) is 3.61. The van der Waals surface area contributed by atoms with Crippen LogP contribution in [0.4, 0.5) is 0 Å². The van der Waals surface area contributed by atoms with Crippen LogP contribution in [0.3, 0.4) is 0 Å². The molecule has 0 atom stereocenters. The molecule has 3 rings (SSSR count). The van der Waals surface area contributed by atoms with Crippen LogP contribution in [-0.2, 0) is 0 Å². The van der Waals surface area contributed by atoms with Crippen molar-refractivity contribution in [3.8, 4) is 0 Å². The number of hydrogen-bond acceptors (Lipinski definition) is 4. The summed E-state index contributed by atoms with van der Waals surface area (Å²) in [5.41, 5.74) is 1.17. The van der Waals surface area contributed by atoms with Crippen LogP contribution in [0.15, 0.2) is 21.9 Å². The van der Waals surface area contributed by atoms with Gasteiger partial charge >= 0.3 is 0 Å². The molecule has 2 aromatic rings. The summed E-state index contributed by atoms with van der Waals surface area (Å²) in [6.07, 6.45) is 1.90. The first-order chi connectivity index (χ1) is 10.5. The largest absolute Gasteiger partial charge is 0.440 e. The lowest BCUT2D eigenvalue weighted by Gasteiger charge is -2.30. The molecule has 0 N–H and O–H groups in total. The maximum absolute atomic E-state index is 12.3. The molecule has 0 unspecified atom stereocenters. The maximum atomic E-state index is 12.3. The number of piperidine rings is 1. The second-order valence-corrected chi connectivity index (χ2v) is 7.20. The third-order valence-corrected chi connectivity index (χ3v) is 5.28. The summed E-state index contributed by atoms with van der Waals surface area (Å²) in [6.45, 7) is 5.79. The SMILES string of the molecule is CC(C)c1csc(C2CCN(C(=O)c3ccc(Cl)o3)CC2)n1. The average molecular weight is 339 g/mol. The van der Waals surface area contributed by atoms with Crippen LogP contribution in [0.5, 0.6) is 0 Å². The topological polar surface area (TPSA) is 46.3 Å². The van der Waals surface area contributed by atoms with Crippen molar-refractivity contribution in [3.05, 3.63) is 39.2 Å². The van der Waals surface area contributed by atoms with Crippen molar-refractivity contribution in [2.75, 3.05) is 13.1 Å². The standard InChI is InChI=1S/C16H19ClN2O2S/c1-10(2)12-9-22-15(18-12)11-5-7-19(8-6-11)16(20)13-3-4-14(17)21-13/h3-4,9-11H,5-8H2,1-2H3. The summed E-state index contributed by atoms with van der Waals surface area (Å²) >= 11 is 7.47. The van der Waals surface area contributed by atoms with E-state index in [1.54, 1.807) is 23.5 Å². The highest BCUT2D eigenvalue weighted by atomic mass is 35.5. The molecule has 1 aliphatic heterocycles. The normalized spacial score (nSPS) is 16.5. The monoisotopic (exact) mass is 338 g/mol. The Labute approximate surface area is 139 Å². The highest BCUT2D eigenvalue weighted by Gasteiger charge is 2.27. The Kier molecular flexibility index (Phi) is 4.54. The molecule has 6 heteroatoms. The van der Waals surface area contributed by atoms with Gasteiger partial charge in [0.1, 0.15) is 0 Å². The van der Waals surface area contributed by atoms with Crippen molar-refractivity contribution < 1.29 is 9.21 Å². The third kappa shape index (κ3) is 3.20. The Morgan fingerprint density at radius 3 is 2.68 bits per heavy atom. The number of amides is 1. The molecule has 1 fully saturated rings. The smallest absolute Gasteiger partial charge is 0.289 e. The molecule has 22 heavy (non-hydrogen) atoms. The predicted octanol–water partition coefficient (Wildman–Crippen LogP) is 4.53. The maximum Gasteiger partial charge on any atom is 0.289 e. The van der Waals surface area contributed by atoms with Gasteiger partial charge in [-0.3, -0.25) is 4.79 Å². The Morgan fingerprint density at radius 2 is 2.14 bits per heavy atom. The number of nitrogens with zero attached hydrogens (tertiary/aromatic N) is 2. The van der Waals surface area contributed by atoms with E-state index in [2.05, 4.69) is 19.2 Å². The van der Waals surface area contributed by atoms with Gasteiger partial charge in [0.25, 0.3) is 5.91 Å². The first kappa shape index (κ1) is 15.6. The zero-order valence-electron chi connectivity index (χ0n) is 12.7. The van der Waals surface area contributed by atoms with Gasteiger partial charge in [-0.1, -0.05) is 13.8 Å². The van der Waals surface area contributed by atoms with Gasteiger partial charge < -0.3 is 9.32 Å². The number of hydrogen-bond donors (Lipinski definition) is 0. The van der Waals surface area contributed by atoms with E-state index in [1.165, 1.54) is 10.7 Å². The molecule has 0 spiro atoms. The minimum absolute atomic E-state index is 0.0765. The third-order valence-electron chi connectivity index (χ3n) is 4.05. The molecule has 1 saturated heterocycles.